The van der Waals surface area contributed by atoms with Crippen LogP contribution in [0.15, 0.2) is 21.1 Å². The molecule has 3 atom stereocenters. The lowest BCUT2D eigenvalue weighted by Gasteiger charge is -2.15. The number of nitrogens with two attached hydrogens (primary N) is 1. The van der Waals surface area contributed by atoms with Crippen LogP contribution in [0.25, 0.3) is 10.4 Å². The van der Waals surface area contributed by atoms with E-state index in [0.717, 1.165) is 4.57 Å². The summed E-state index contributed by atoms with van der Waals surface area (Å²) in [7, 11) is 0. The predicted molar refractivity (Wildman–Crippen MR) is 94.8 cm³/mol. The number of aliphatic hydroxyl groups is 1. The fourth-order valence-corrected chi connectivity index (χ4v) is 2.46. The van der Waals surface area contributed by atoms with Gasteiger partial charge in [-0.05, 0) is 5.53 Å². The van der Waals surface area contributed by atoms with Gasteiger partial charge in [-0.15, -0.1) is 13.2 Å². The largest absolute Gasteiger partial charge is 0.573 e. The van der Waals surface area contributed by atoms with E-state index < -0.39 is 37.1 Å². The molecule has 1 aromatic rings. The lowest BCUT2D eigenvalue weighted by Crippen LogP contribution is -2.29. The van der Waals surface area contributed by atoms with E-state index in [1.54, 1.807) is 0 Å². The molecule has 1 aliphatic rings. The van der Waals surface area contributed by atoms with Gasteiger partial charge in [-0.25, -0.2) is 9.79 Å². The minimum absolute atomic E-state index is 0.115. The maximum absolute atomic E-state index is 12.2. The van der Waals surface area contributed by atoms with Crippen LogP contribution in [0.5, 0.6) is 0 Å². The molecule has 3 N–H and O–H groups in total. The molecule has 0 bridgehead atoms. The van der Waals surface area contributed by atoms with Gasteiger partial charge in [-0.1, -0.05) is 17.0 Å². The topological polar surface area (TPSA) is 170 Å². The van der Waals surface area contributed by atoms with Crippen LogP contribution < -0.4 is 11.4 Å². The lowest BCUT2D eigenvalue weighted by atomic mass is 10.2. The van der Waals surface area contributed by atoms with Crippen molar-refractivity contribution in [3.05, 3.63) is 32.7 Å². The standard InChI is InChI=1S/C15H16F3N7O5/c16-15(17,18)29-7-21-3-1-2-9-5-25(14(27)23-13(9)19)12-4-10(11(6-26)30-12)28-8-22-24-20/h5,7,10-12,26H,3-4,6,8H2,(H2,19,23,27)/b21-7+. The molecule has 0 spiro atoms. The number of aromatic nitrogens is 2. The van der Waals surface area contributed by atoms with Crippen LogP contribution in [-0.4, -0.2) is 59.5 Å². The predicted octanol–water partition coefficient (Wildman–Crippen LogP) is 0.675. The van der Waals surface area contributed by atoms with Gasteiger partial charge < -0.3 is 25.1 Å². The van der Waals surface area contributed by atoms with Gasteiger partial charge in [0.2, 0.25) is 0 Å². The molecule has 1 aromatic heterocycles. The van der Waals surface area contributed by atoms with Gasteiger partial charge in [0.15, 0.2) is 6.40 Å². The van der Waals surface area contributed by atoms with E-state index in [-0.39, 0.29) is 37.5 Å². The summed E-state index contributed by atoms with van der Waals surface area (Å²) in [6, 6.07) is 0. The first kappa shape index (κ1) is 23.0. The van der Waals surface area contributed by atoms with Crippen LogP contribution in [0.2, 0.25) is 0 Å². The second-order valence-corrected chi connectivity index (χ2v) is 5.65. The molecular formula is C15H16F3N7O5. The van der Waals surface area contributed by atoms with Gasteiger partial charge in [-0.2, -0.15) is 4.98 Å². The van der Waals surface area contributed by atoms with Crippen LogP contribution in [0.3, 0.4) is 0 Å². The molecule has 1 saturated heterocycles. The number of aliphatic imine (C=N–C) groups is 1. The van der Waals surface area contributed by atoms with Crippen molar-refractivity contribution in [2.45, 2.75) is 31.2 Å². The zero-order valence-corrected chi connectivity index (χ0v) is 15.2. The zero-order valence-electron chi connectivity index (χ0n) is 15.2. The molecule has 30 heavy (non-hydrogen) atoms. The first-order valence-corrected chi connectivity index (χ1v) is 8.24. The minimum atomic E-state index is -4.84. The number of rotatable bonds is 7. The van der Waals surface area contributed by atoms with Crippen LogP contribution in [-0.2, 0) is 14.2 Å². The van der Waals surface area contributed by atoms with E-state index in [9.17, 15) is 23.1 Å². The molecule has 2 rings (SSSR count). The number of azide groups is 1. The first-order chi connectivity index (χ1) is 14.2. The molecule has 15 heteroatoms. The summed E-state index contributed by atoms with van der Waals surface area (Å²) in [6.07, 6.45) is -5.49. The molecular weight excluding hydrogens is 415 g/mol. The number of alkyl halides is 3. The summed E-state index contributed by atoms with van der Waals surface area (Å²) in [5, 5.41) is 12.7. The van der Waals surface area contributed by atoms with E-state index in [4.69, 9.17) is 20.7 Å². The molecule has 0 aliphatic carbocycles. The van der Waals surface area contributed by atoms with E-state index in [2.05, 4.69) is 36.6 Å². The first-order valence-electron chi connectivity index (χ1n) is 8.24. The number of nitrogen functional groups attached to an aromatic ring is 1. The highest BCUT2D eigenvalue weighted by Gasteiger charge is 2.37. The Labute approximate surface area is 166 Å². The summed E-state index contributed by atoms with van der Waals surface area (Å²) in [4.78, 5) is 21.7. The van der Waals surface area contributed by atoms with Crippen molar-refractivity contribution in [2.75, 3.05) is 25.6 Å². The van der Waals surface area contributed by atoms with E-state index in [1.165, 1.54) is 6.20 Å². The Morgan fingerprint density at radius 3 is 3.00 bits per heavy atom. The summed E-state index contributed by atoms with van der Waals surface area (Å²) < 4.78 is 50.8. The lowest BCUT2D eigenvalue weighted by molar-refractivity contribution is -0.280. The summed E-state index contributed by atoms with van der Waals surface area (Å²) in [6.45, 7) is -1.01. The number of ether oxygens (including phenoxy) is 3. The third kappa shape index (κ3) is 6.64. The Morgan fingerprint density at radius 1 is 1.57 bits per heavy atom. The van der Waals surface area contributed by atoms with E-state index in [0.29, 0.717) is 0 Å². The number of hydrogen-bond donors (Lipinski definition) is 2. The van der Waals surface area contributed by atoms with Crippen molar-refractivity contribution in [3.63, 3.8) is 0 Å². The quantitative estimate of drug-likeness (QED) is 0.160. The normalized spacial score (nSPS) is 21.1. The van der Waals surface area contributed by atoms with E-state index >= 15 is 0 Å². The second-order valence-electron chi connectivity index (χ2n) is 5.65. The molecule has 3 unspecified atom stereocenters. The second kappa shape index (κ2) is 10.5. The molecule has 12 nitrogen and oxygen atoms in total. The Balaban J connectivity index is 2.12. The summed E-state index contributed by atoms with van der Waals surface area (Å²) >= 11 is 0. The fourth-order valence-electron chi connectivity index (χ4n) is 2.46. The Hall–Kier alpha value is -3.31. The monoisotopic (exact) mass is 431 g/mol. The summed E-state index contributed by atoms with van der Waals surface area (Å²) in [5.41, 5.74) is 13.3. The van der Waals surface area contributed by atoms with Gasteiger partial charge in [0.25, 0.3) is 0 Å². The number of aliphatic hydroxyl groups excluding tert-OH is 1. The van der Waals surface area contributed by atoms with Gasteiger partial charge in [0, 0.05) is 17.5 Å². The van der Waals surface area contributed by atoms with Crippen molar-refractivity contribution in [1.82, 2.24) is 9.55 Å². The maximum Gasteiger partial charge on any atom is 0.573 e. The van der Waals surface area contributed by atoms with Gasteiger partial charge in [0.05, 0.1) is 18.3 Å². The number of nitrogens with zero attached hydrogens (tertiary/aromatic N) is 6. The molecule has 0 amide bonds. The molecule has 2 heterocycles. The van der Waals surface area contributed by atoms with Crippen LogP contribution in [0, 0.1) is 11.8 Å². The molecule has 0 aromatic carbocycles. The molecule has 162 valence electrons. The third-order valence-electron chi connectivity index (χ3n) is 3.72. The van der Waals surface area contributed by atoms with Crippen molar-refractivity contribution >= 4 is 12.2 Å². The number of halogens is 3. The van der Waals surface area contributed by atoms with Gasteiger partial charge in [0.1, 0.15) is 31.4 Å². The Morgan fingerprint density at radius 2 is 2.33 bits per heavy atom. The maximum atomic E-state index is 12.2. The highest BCUT2D eigenvalue weighted by atomic mass is 19.4. The smallest absolute Gasteiger partial charge is 0.395 e. The number of hydrogen-bond acceptors (Lipinski definition) is 9. The SMILES string of the molecule is [N-]=[N+]=NCOC1CC(n2cc(C#CC/N=C/OC(F)(F)F)c(N)nc2=O)OC1CO. The van der Waals surface area contributed by atoms with Crippen LogP contribution >= 0.6 is 0 Å². The highest BCUT2D eigenvalue weighted by Crippen LogP contribution is 2.30. The molecule has 0 radical (unpaired) electrons. The average molecular weight is 431 g/mol. The van der Waals surface area contributed by atoms with Gasteiger partial charge in [-0.3, -0.25) is 4.57 Å². The highest BCUT2D eigenvalue weighted by molar-refractivity contribution is 5.50. The molecule has 0 saturated carbocycles. The van der Waals surface area contributed by atoms with Crippen LogP contribution in [0.1, 0.15) is 18.2 Å². The fraction of sp³-hybridized carbons (Fsp3) is 0.533. The minimum Gasteiger partial charge on any atom is -0.395 e. The van der Waals surface area contributed by atoms with Crippen LogP contribution in [0.4, 0.5) is 19.0 Å². The van der Waals surface area contributed by atoms with Gasteiger partial charge >= 0.3 is 12.1 Å². The van der Waals surface area contributed by atoms with Crippen molar-refractivity contribution in [1.29, 1.82) is 0 Å². The zero-order chi connectivity index (χ0) is 22.1. The molecule has 1 aliphatic heterocycles. The average Bonchev–Trinajstić information content (AvgIpc) is 3.08. The number of anilines is 1. The Kier molecular flexibility index (Phi) is 8.01. The van der Waals surface area contributed by atoms with E-state index in [1.807, 2.05) is 0 Å². The molecule has 1 fully saturated rings. The van der Waals surface area contributed by atoms with Crippen molar-refractivity contribution < 1.29 is 32.5 Å². The third-order valence-corrected chi connectivity index (χ3v) is 3.72. The Bertz CT molecular complexity index is 933. The van der Waals surface area contributed by atoms with Crippen molar-refractivity contribution in [3.8, 4) is 11.8 Å². The summed E-state index contributed by atoms with van der Waals surface area (Å²) in [5.74, 6) is 4.80. The van der Waals surface area contributed by atoms with Crippen molar-refractivity contribution in [2.24, 2.45) is 10.1 Å².